The molecule has 0 aliphatic carbocycles. The number of hydrogen-bond acceptors (Lipinski definition) is 11. The van der Waals surface area contributed by atoms with Gasteiger partial charge in [-0.25, -0.2) is 19.1 Å². The fraction of sp³-hybridized carbons (Fsp3) is 0.576. The third-order valence-electron chi connectivity index (χ3n) is 8.94. The number of fused-ring (bicyclic) bond motifs is 2. The van der Waals surface area contributed by atoms with E-state index in [1.54, 1.807) is 0 Å². The van der Waals surface area contributed by atoms with Crippen LogP contribution in [0.4, 0.5) is 4.79 Å². The minimum Gasteiger partial charge on any atom is -0.454 e. The first-order valence-corrected chi connectivity index (χ1v) is 17.6. The molecule has 264 valence electrons. The molecule has 0 unspecified atom stereocenters. The lowest BCUT2D eigenvalue weighted by atomic mass is 9.87. The molecule has 3 aliphatic rings. The van der Waals surface area contributed by atoms with Gasteiger partial charge in [0.25, 0.3) is 0 Å². The zero-order chi connectivity index (χ0) is 34.5. The number of amides is 2. The molecule has 5 rings (SSSR count). The number of nitrogens with one attached hydrogen (secondary N) is 1. The van der Waals surface area contributed by atoms with Crippen molar-refractivity contribution >= 4 is 22.0 Å². The Hall–Kier alpha value is -3.47. The normalized spacial score (nSPS) is 21.5. The maximum atomic E-state index is 14.3. The van der Waals surface area contributed by atoms with Crippen molar-refractivity contribution in [3.05, 3.63) is 54.1 Å². The van der Waals surface area contributed by atoms with Crippen LogP contribution in [0, 0.1) is 11.3 Å². The smallest absolute Gasteiger partial charge is 0.407 e. The Morgan fingerprint density at radius 2 is 1.88 bits per heavy atom. The van der Waals surface area contributed by atoms with Gasteiger partial charge in [-0.3, -0.25) is 9.80 Å². The summed E-state index contributed by atoms with van der Waals surface area (Å²) in [7, 11) is -4.19. The highest BCUT2D eigenvalue weighted by molar-refractivity contribution is 7.89. The van der Waals surface area contributed by atoms with Crippen molar-refractivity contribution in [3.63, 3.8) is 0 Å². The number of hydrogen-bond donors (Lipinski definition) is 3. The van der Waals surface area contributed by atoms with Crippen molar-refractivity contribution in [1.82, 2.24) is 14.6 Å². The van der Waals surface area contributed by atoms with Gasteiger partial charge in [-0.15, -0.1) is 0 Å². The molecule has 2 aromatic carbocycles. The molecule has 4 N–H and O–H groups in total. The number of nitrogens with zero attached hydrogens (tertiary/aromatic N) is 2. The third-order valence-corrected chi connectivity index (χ3v) is 10.8. The summed E-state index contributed by atoms with van der Waals surface area (Å²) in [4.78, 5) is 24.8. The summed E-state index contributed by atoms with van der Waals surface area (Å²) in [6.45, 7) is 5.92. The molecule has 0 aromatic heterocycles. The van der Waals surface area contributed by atoms with Crippen molar-refractivity contribution < 1.29 is 46.8 Å². The van der Waals surface area contributed by atoms with E-state index in [1.165, 1.54) is 29.4 Å². The fourth-order valence-electron chi connectivity index (χ4n) is 6.23. The number of nitrogens with two attached hydrogens (primary N) is 1. The zero-order valence-electron chi connectivity index (χ0n) is 27.6. The first-order valence-electron chi connectivity index (χ1n) is 16.2. The van der Waals surface area contributed by atoms with Crippen LogP contribution < -0.4 is 20.6 Å². The molecule has 5 atom stereocenters. The van der Waals surface area contributed by atoms with Crippen LogP contribution >= 0.6 is 0 Å². The van der Waals surface area contributed by atoms with E-state index >= 15 is 0 Å². The van der Waals surface area contributed by atoms with E-state index in [4.69, 9.17) is 29.5 Å². The second kappa shape index (κ2) is 15.4. The maximum Gasteiger partial charge on any atom is 0.407 e. The monoisotopic (exact) mass is 690 g/mol. The SMILES string of the molecule is CC(=O)N(N)CCCC(C)(C)CN(C[C@@H](O)[C@H](Cc1ccccc1)NC(=O)O[C@H]1CO[C@H]2OCC[C@H]21)S(=O)(=O)c1ccc2c(c1)OCO2. The van der Waals surface area contributed by atoms with Gasteiger partial charge in [0, 0.05) is 32.6 Å². The lowest BCUT2D eigenvalue weighted by molar-refractivity contribution is -0.129. The highest BCUT2D eigenvalue weighted by atomic mass is 32.2. The maximum absolute atomic E-state index is 14.3. The van der Waals surface area contributed by atoms with Gasteiger partial charge in [0.15, 0.2) is 17.8 Å². The standard InChI is InChI=1S/C33H46N4O10S/c1-22(38)37(34)14-7-13-33(2,3)20-36(48(41,42)24-10-11-28-29(17-24)46-21-45-28)18-27(39)26(16-23-8-5-4-6-9-23)35-32(40)47-30-19-44-31-25(30)12-15-43-31/h4-6,8-11,17,25-27,30-31,39H,7,12-16,18-21,34H2,1-3H3,(H,35,40)/t25-,26-,27+,30-,31+/m0/s1. The molecule has 0 spiro atoms. The first-order chi connectivity index (χ1) is 22.8. The Labute approximate surface area is 281 Å². The molecule has 48 heavy (non-hydrogen) atoms. The van der Waals surface area contributed by atoms with Crippen molar-refractivity contribution in [3.8, 4) is 11.5 Å². The molecule has 15 heteroatoms. The number of aliphatic hydroxyl groups excluding tert-OH is 1. The quantitative estimate of drug-likeness (QED) is 0.142. The Kier molecular flexibility index (Phi) is 11.5. The highest BCUT2D eigenvalue weighted by Crippen LogP contribution is 2.36. The number of carbonyl (C=O) groups is 2. The Morgan fingerprint density at radius 3 is 2.62 bits per heavy atom. The summed E-state index contributed by atoms with van der Waals surface area (Å²) in [6.07, 6.45) is -0.984. The van der Waals surface area contributed by atoms with E-state index in [9.17, 15) is 23.1 Å². The number of sulfonamides is 1. The van der Waals surface area contributed by atoms with E-state index in [0.29, 0.717) is 43.9 Å². The van der Waals surface area contributed by atoms with E-state index in [0.717, 1.165) is 10.6 Å². The van der Waals surface area contributed by atoms with E-state index < -0.39 is 46.1 Å². The summed E-state index contributed by atoms with van der Waals surface area (Å²) in [5.41, 5.74) is 0.238. The molecule has 3 aliphatic heterocycles. The summed E-state index contributed by atoms with van der Waals surface area (Å²) in [6, 6.07) is 12.8. The second-order valence-corrected chi connectivity index (χ2v) is 15.2. The Balaban J connectivity index is 1.36. The Bertz CT molecular complexity index is 1530. The van der Waals surface area contributed by atoms with E-state index in [2.05, 4.69) is 5.32 Å². The van der Waals surface area contributed by atoms with Gasteiger partial charge >= 0.3 is 6.09 Å². The number of aliphatic hydroxyl groups is 1. The van der Waals surface area contributed by atoms with Crippen LogP contribution in [-0.4, -0.2) is 99.0 Å². The van der Waals surface area contributed by atoms with Crippen LogP contribution in [0.15, 0.2) is 53.4 Å². The molecule has 2 aromatic rings. The van der Waals surface area contributed by atoms with Crippen molar-refractivity contribution in [2.45, 2.75) is 75.9 Å². The number of ether oxygens (including phenoxy) is 5. The minimum atomic E-state index is -4.19. The topological polar surface area (TPSA) is 179 Å². The average Bonchev–Trinajstić information content (AvgIpc) is 3.79. The molecule has 2 fully saturated rings. The van der Waals surface area contributed by atoms with E-state index in [-0.39, 0.29) is 49.6 Å². The molecular formula is C33H46N4O10S. The predicted octanol–water partition coefficient (Wildman–Crippen LogP) is 2.39. The number of hydrazine groups is 1. The Morgan fingerprint density at radius 1 is 1.12 bits per heavy atom. The van der Waals surface area contributed by atoms with Gasteiger partial charge in [0.1, 0.15) is 6.10 Å². The molecule has 0 bridgehead atoms. The molecule has 2 amide bonds. The summed E-state index contributed by atoms with van der Waals surface area (Å²) in [5.74, 6) is 6.18. The zero-order valence-corrected chi connectivity index (χ0v) is 28.4. The van der Waals surface area contributed by atoms with Crippen LogP contribution in [0.1, 0.15) is 45.6 Å². The number of benzene rings is 2. The minimum absolute atomic E-state index is 0.0168. The van der Waals surface area contributed by atoms with Gasteiger partial charge in [-0.1, -0.05) is 44.2 Å². The lowest BCUT2D eigenvalue weighted by Gasteiger charge is -2.35. The first kappa shape index (κ1) is 35.8. The molecule has 14 nitrogen and oxygen atoms in total. The van der Waals surface area contributed by atoms with Gasteiger partial charge in [-0.05, 0) is 48.8 Å². The lowest BCUT2D eigenvalue weighted by Crippen LogP contribution is -2.52. The summed E-state index contributed by atoms with van der Waals surface area (Å²) < 4.78 is 57.4. The molecule has 0 saturated carbocycles. The predicted molar refractivity (Wildman–Crippen MR) is 173 cm³/mol. The number of carbonyl (C=O) groups excluding carboxylic acids is 2. The number of rotatable bonds is 15. The summed E-state index contributed by atoms with van der Waals surface area (Å²) >= 11 is 0. The van der Waals surface area contributed by atoms with Gasteiger partial charge < -0.3 is 34.1 Å². The number of alkyl carbamates (subject to hydrolysis) is 1. The molecule has 2 saturated heterocycles. The fourth-order valence-corrected chi connectivity index (χ4v) is 7.90. The van der Waals surface area contributed by atoms with Gasteiger partial charge in [0.2, 0.25) is 22.7 Å². The molecular weight excluding hydrogens is 644 g/mol. The molecule has 0 radical (unpaired) electrons. The van der Waals surface area contributed by atoms with Gasteiger partial charge in [-0.2, -0.15) is 4.31 Å². The largest absolute Gasteiger partial charge is 0.454 e. The molecule has 3 heterocycles. The van der Waals surface area contributed by atoms with Crippen LogP contribution in [0.5, 0.6) is 11.5 Å². The average molecular weight is 691 g/mol. The van der Waals surface area contributed by atoms with Crippen molar-refractivity contribution in [2.75, 3.05) is 39.6 Å². The van der Waals surface area contributed by atoms with E-state index in [1.807, 2.05) is 44.2 Å². The van der Waals surface area contributed by atoms with Crippen molar-refractivity contribution in [2.24, 2.45) is 17.2 Å². The third kappa shape index (κ3) is 8.95. The van der Waals surface area contributed by atoms with Crippen LogP contribution in [0.2, 0.25) is 0 Å². The van der Waals surface area contributed by atoms with Crippen LogP contribution in [0.25, 0.3) is 0 Å². The summed E-state index contributed by atoms with van der Waals surface area (Å²) in [5, 5.41) is 15.7. The second-order valence-electron chi connectivity index (χ2n) is 13.3. The van der Waals surface area contributed by atoms with Crippen LogP contribution in [0.3, 0.4) is 0 Å². The highest BCUT2D eigenvalue weighted by Gasteiger charge is 2.44. The van der Waals surface area contributed by atoms with Gasteiger partial charge in [0.05, 0.1) is 36.2 Å². The van der Waals surface area contributed by atoms with Crippen molar-refractivity contribution in [1.29, 1.82) is 0 Å². The van der Waals surface area contributed by atoms with Crippen LogP contribution in [-0.2, 0) is 35.4 Å².